The summed E-state index contributed by atoms with van der Waals surface area (Å²) in [7, 11) is -4.38. The maximum atomic E-state index is 11.2. The maximum absolute atomic E-state index is 11.2. The summed E-state index contributed by atoms with van der Waals surface area (Å²) in [6.07, 6.45) is 0. The van der Waals surface area contributed by atoms with E-state index in [-0.39, 0.29) is 11.3 Å². The largest absolute Gasteiger partial charge is 0.593 e. The Morgan fingerprint density at radius 2 is 1.94 bits per heavy atom. The van der Waals surface area contributed by atoms with Gasteiger partial charge in [0, 0.05) is 0 Å². The van der Waals surface area contributed by atoms with Gasteiger partial charge in [0.2, 0.25) is 0 Å². The first kappa shape index (κ1) is 14.0. The number of ketones is 1. The summed E-state index contributed by atoms with van der Waals surface area (Å²) in [6, 6.07) is 5.15. The number of hydrogen-bond acceptors (Lipinski definition) is 6. The molecule has 10 heteroatoms. The zero-order valence-electron chi connectivity index (χ0n) is 8.59. The van der Waals surface area contributed by atoms with Gasteiger partial charge < -0.3 is 5.11 Å². The lowest BCUT2D eigenvalue weighted by Crippen LogP contribution is -2.12. The highest BCUT2D eigenvalue weighted by molar-refractivity contribution is 7.82. The zero-order valence-corrected chi connectivity index (χ0v) is 9.40. The molecule has 0 spiro atoms. The molecule has 0 heterocycles. The van der Waals surface area contributed by atoms with Crippen LogP contribution < -0.4 is 4.16 Å². The molecule has 0 aliphatic carbocycles. The second-order valence-electron chi connectivity index (χ2n) is 2.86. The van der Waals surface area contributed by atoms with Crippen LogP contribution in [0.15, 0.2) is 29.4 Å². The molecule has 0 bridgehead atoms. The average molecular weight is 275 g/mol. The van der Waals surface area contributed by atoms with E-state index in [1.54, 1.807) is 0 Å². The number of nitrogens with zero attached hydrogens (tertiary/aromatic N) is 2. The van der Waals surface area contributed by atoms with Crippen molar-refractivity contribution in [2.45, 2.75) is 0 Å². The summed E-state index contributed by atoms with van der Waals surface area (Å²) >= 11 is 0. The van der Waals surface area contributed by atoms with Crippen LogP contribution in [0.2, 0.25) is 0 Å². The Hall–Kier alpha value is -2.10. The van der Waals surface area contributed by atoms with Crippen LogP contribution in [0.3, 0.4) is 0 Å². The summed E-state index contributed by atoms with van der Waals surface area (Å²) in [5, 5.41) is 19.7. The van der Waals surface area contributed by atoms with Gasteiger partial charge in [0.05, 0.1) is 5.56 Å². The van der Waals surface area contributed by atoms with Gasteiger partial charge in [-0.15, -0.1) is 4.21 Å². The van der Waals surface area contributed by atoms with Crippen LogP contribution in [0.1, 0.15) is 10.4 Å². The predicted octanol–water partition coefficient (Wildman–Crippen LogP) is 0.450. The van der Waals surface area contributed by atoms with Gasteiger partial charge in [0.25, 0.3) is 5.78 Å². The molecule has 1 aromatic rings. The molecule has 0 saturated heterocycles. The normalized spacial score (nSPS) is 13.2. The third kappa shape index (κ3) is 3.45. The summed E-state index contributed by atoms with van der Waals surface area (Å²) in [5.74, 6) is -2.96. The molecule has 0 radical (unpaired) electrons. The van der Waals surface area contributed by atoms with Gasteiger partial charge in [-0.25, -0.2) is 14.6 Å². The van der Waals surface area contributed by atoms with Crippen molar-refractivity contribution in [3.8, 4) is 0 Å². The van der Waals surface area contributed by atoms with E-state index in [1.807, 2.05) is 0 Å². The van der Waals surface area contributed by atoms with Crippen molar-refractivity contribution in [1.29, 1.82) is 0 Å². The number of Topliss-reactive ketones (excluding diaryl/α,β-unsaturated/α-hetero) is 1. The Labute approximate surface area is 101 Å². The van der Waals surface area contributed by atoms with E-state index < -0.39 is 22.0 Å². The number of benzene rings is 1. The summed E-state index contributed by atoms with van der Waals surface area (Å²) in [5.41, 5.74) is -0.564. The monoisotopic (exact) mass is 275 g/mol. The van der Waals surface area contributed by atoms with Crippen LogP contribution in [0.25, 0.3) is 0 Å². The molecule has 9 nitrogen and oxygen atoms in total. The van der Waals surface area contributed by atoms with E-state index in [2.05, 4.69) is 13.6 Å². The van der Waals surface area contributed by atoms with Gasteiger partial charge >= 0.3 is 16.3 Å². The fourth-order valence-electron chi connectivity index (χ4n) is 0.979. The van der Waals surface area contributed by atoms with Crippen LogP contribution >= 0.6 is 0 Å². The Morgan fingerprint density at radius 1 is 1.33 bits per heavy atom. The van der Waals surface area contributed by atoms with E-state index in [0.29, 0.717) is 0 Å². The highest BCUT2D eigenvalue weighted by Crippen LogP contribution is 2.18. The maximum Gasteiger partial charge on any atom is 0.593 e. The number of hydrogen-bond donors (Lipinski definition) is 3. The third-order valence-electron chi connectivity index (χ3n) is 1.69. The topological polar surface area (TPSA) is 148 Å². The first-order valence-electron chi connectivity index (χ1n) is 4.26. The second-order valence-corrected chi connectivity index (χ2v) is 4.06. The molecule has 18 heavy (non-hydrogen) atoms. The molecular weight excluding hydrogens is 268 g/mol. The van der Waals surface area contributed by atoms with Gasteiger partial charge in [-0.1, -0.05) is 16.5 Å². The lowest BCUT2D eigenvalue weighted by Gasteiger charge is -1.95. The number of carboxylic acids is 1. The van der Waals surface area contributed by atoms with Crippen LogP contribution in [0, 0.1) is 0 Å². The third-order valence-corrected chi connectivity index (χ3v) is 2.17. The highest BCUT2D eigenvalue weighted by atomic mass is 32.2. The fraction of sp³-hybridized carbons (Fsp3) is 0. The first-order valence-corrected chi connectivity index (χ1v) is 5.66. The molecule has 1 unspecified atom stereocenters. The lowest BCUT2D eigenvalue weighted by atomic mass is 10.1. The molecule has 3 N–H and O–H groups in total. The Morgan fingerprint density at radius 3 is 2.50 bits per heavy atom. The minimum atomic E-state index is -4.38. The number of carbonyl (C=O) groups is 2. The van der Waals surface area contributed by atoms with Gasteiger partial charge in [-0.2, -0.15) is 0 Å². The SMILES string of the molecule is O=C(O)C(=O)c1ccccc1N=[N+]=S(=O)(O)OO. The minimum Gasteiger partial charge on any atom is -0.475 e. The van der Waals surface area contributed by atoms with Crippen molar-refractivity contribution < 1.29 is 33.0 Å². The van der Waals surface area contributed by atoms with E-state index in [0.717, 1.165) is 6.07 Å². The smallest absolute Gasteiger partial charge is 0.475 e. The number of rotatable bonds is 4. The van der Waals surface area contributed by atoms with Crippen molar-refractivity contribution in [3.05, 3.63) is 29.8 Å². The molecule has 1 rings (SSSR count). The quantitative estimate of drug-likeness (QED) is 0.180. The summed E-state index contributed by atoms with van der Waals surface area (Å²) < 4.78 is 25.3. The molecule has 0 aliphatic heterocycles. The van der Waals surface area contributed by atoms with Gasteiger partial charge in [0.15, 0.2) is 9.85 Å². The van der Waals surface area contributed by atoms with Crippen molar-refractivity contribution in [2.75, 3.05) is 0 Å². The molecule has 0 saturated carbocycles. The van der Waals surface area contributed by atoms with Crippen LogP contribution in [0.4, 0.5) is 5.69 Å². The summed E-state index contributed by atoms with van der Waals surface area (Å²) in [4.78, 5) is 21.8. The van der Waals surface area contributed by atoms with Crippen LogP contribution in [-0.4, -0.2) is 30.9 Å². The molecule has 0 fully saturated rings. The fourth-order valence-corrected chi connectivity index (χ4v) is 1.20. The predicted molar refractivity (Wildman–Crippen MR) is 57.1 cm³/mol. The number of carbonyl (C=O) groups excluding carboxylic acids is 1. The Kier molecular flexibility index (Phi) is 4.26. The second kappa shape index (κ2) is 5.49. The zero-order chi connectivity index (χ0) is 13.8. The van der Waals surface area contributed by atoms with E-state index in [4.69, 9.17) is 14.9 Å². The highest BCUT2D eigenvalue weighted by Gasteiger charge is 2.21. The molecule has 0 aliphatic rings. The average Bonchev–Trinajstić information content (AvgIpc) is 2.36. The van der Waals surface area contributed by atoms with Crippen LogP contribution in [0.5, 0.6) is 0 Å². The summed E-state index contributed by atoms with van der Waals surface area (Å²) in [6.45, 7) is 0. The van der Waals surface area contributed by atoms with Crippen molar-refractivity contribution in [1.82, 2.24) is 4.16 Å². The Balaban J connectivity index is 3.37. The van der Waals surface area contributed by atoms with Crippen molar-refractivity contribution in [2.24, 2.45) is 5.11 Å². The molecule has 1 aromatic carbocycles. The number of carboxylic acid groups (broad SMARTS) is 1. The van der Waals surface area contributed by atoms with Gasteiger partial charge in [-0.3, -0.25) is 4.79 Å². The van der Waals surface area contributed by atoms with Crippen molar-refractivity contribution >= 4 is 27.7 Å². The van der Waals surface area contributed by atoms with E-state index in [1.165, 1.54) is 18.2 Å². The molecule has 1 atom stereocenters. The number of aliphatic carboxylic acids is 1. The molecular formula is C8H7N2O7S+. The Bertz CT molecular complexity index is 641. The van der Waals surface area contributed by atoms with Crippen LogP contribution in [-0.2, 0) is 19.4 Å². The van der Waals surface area contributed by atoms with Gasteiger partial charge in [-0.05, 0) is 12.1 Å². The van der Waals surface area contributed by atoms with E-state index >= 15 is 0 Å². The van der Waals surface area contributed by atoms with Crippen molar-refractivity contribution in [3.63, 3.8) is 0 Å². The lowest BCUT2D eigenvalue weighted by molar-refractivity contribution is -0.135. The molecule has 0 amide bonds. The minimum absolute atomic E-state index is 0.247. The molecule has 96 valence electrons. The molecule has 0 aromatic heterocycles. The van der Waals surface area contributed by atoms with Gasteiger partial charge in [0.1, 0.15) is 5.11 Å². The van der Waals surface area contributed by atoms with E-state index in [9.17, 15) is 13.8 Å². The standard InChI is InChI=1S/C8H6N2O7S/c11-7(8(12)13)5-3-1-2-4-6(5)9-10-18(15,16)17-14/h1-4H,(H2,12,13,14)/p+1. The first-order chi connectivity index (χ1) is 8.37.